The molecule has 0 saturated heterocycles. The van der Waals surface area contributed by atoms with Gasteiger partial charge in [0.2, 0.25) is 5.91 Å². The minimum Gasteiger partial charge on any atom is -0.355 e. The van der Waals surface area contributed by atoms with Crippen LogP contribution in [0.5, 0.6) is 0 Å². The smallest absolute Gasteiger partial charge is 0.234 e. The first-order valence-corrected chi connectivity index (χ1v) is 8.14. The van der Waals surface area contributed by atoms with Gasteiger partial charge in [-0.05, 0) is 44.2 Å². The van der Waals surface area contributed by atoms with Crippen LogP contribution in [0.3, 0.4) is 0 Å². The Hall–Kier alpha value is -0.610. The van der Waals surface area contributed by atoms with Crippen LogP contribution in [-0.4, -0.2) is 43.5 Å². The van der Waals surface area contributed by atoms with Gasteiger partial charge in [-0.15, -0.1) is 0 Å². The number of carbonyl (C=O) groups is 1. The summed E-state index contributed by atoms with van der Waals surface area (Å²) in [6, 6.07) is 0.462. The molecule has 0 bridgehead atoms. The second kappa shape index (κ2) is 8.63. The van der Waals surface area contributed by atoms with Gasteiger partial charge in [-0.3, -0.25) is 9.69 Å². The number of carbonyl (C=O) groups excluding carboxylic acids is 1. The van der Waals surface area contributed by atoms with Gasteiger partial charge in [-0.2, -0.15) is 0 Å². The fourth-order valence-corrected chi connectivity index (χ4v) is 3.20. The van der Waals surface area contributed by atoms with Crippen LogP contribution in [0.2, 0.25) is 0 Å². The van der Waals surface area contributed by atoms with Crippen molar-refractivity contribution in [1.82, 2.24) is 10.2 Å². The maximum absolute atomic E-state index is 12.0. The van der Waals surface area contributed by atoms with Crippen molar-refractivity contribution in [2.75, 3.05) is 26.7 Å². The van der Waals surface area contributed by atoms with Gasteiger partial charge < -0.3 is 11.1 Å². The fourth-order valence-electron chi connectivity index (χ4n) is 3.20. The molecule has 0 aromatic heterocycles. The largest absolute Gasteiger partial charge is 0.355 e. The number of hydrogen-bond donors (Lipinski definition) is 2. The van der Waals surface area contributed by atoms with Crippen LogP contribution >= 0.6 is 0 Å². The third kappa shape index (κ3) is 5.41. The number of nitrogens with one attached hydrogen (secondary N) is 1. The highest BCUT2D eigenvalue weighted by Crippen LogP contribution is 2.32. The van der Waals surface area contributed by atoms with Crippen molar-refractivity contribution < 1.29 is 4.79 Å². The second-order valence-electron chi connectivity index (χ2n) is 6.76. The van der Waals surface area contributed by atoms with E-state index in [1.165, 1.54) is 25.7 Å². The van der Waals surface area contributed by atoms with Crippen LogP contribution in [0.1, 0.15) is 46.5 Å². The van der Waals surface area contributed by atoms with Crippen LogP contribution in [0.15, 0.2) is 0 Å². The van der Waals surface area contributed by atoms with Crippen molar-refractivity contribution in [3.8, 4) is 0 Å². The fraction of sp³-hybridized carbons (Fsp3) is 0.938. The van der Waals surface area contributed by atoms with E-state index in [1.807, 2.05) is 0 Å². The maximum Gasteiger partial charge on any atom is 0.234 e. The number of nitrogens with zero attached hydrogens (tertiary/aromatic N) is 1. The predicted octanol–water partition coefficient (Wildman–Crippen LogP) is 1.84. The summed E-state index contributed by atoms with van der Waals surface area (Å²) in [6.45, 7) is 8.47. The van der Waals surface area contributed by atoms with E-state index < -0.39 is 0 Å². The summed E-state index contributed by atoms with van der Waals surface area (Å²) in [6.07, 6.45) is 4.92. The molecule has 4 heteroatoms. The molecular weight excluding hydrogens is 250 g/mol. The van der Waals surface area contributed by atoms with E-state index >= 15 is 0 Å². The lowest BCUT2D eigenvalue weighted by molar-refractivity contribution is -0.123. The Balaban J connectivity index is 2.49. The van der Waals surface area contributed by atoms with Gasteiger partial charge in [0.25, 0.3) is 0 Å². The molecule has 0 spiro atoms. The van der Waals surface area contributed by atoms with E-state index in [1.54, 1.807) is 0 Å². The van der Waals surface area contributed by atoms with Crippen LogP contribution in [0.4, 0.5) is 0 Å². The summed E-state index contributed by atoms with van der Waals surface area (Å²) < 4.78 is 0. The van der Waals surface area contributed by atoms with Crippen molar-refractivity contribution in [3.63, 3.8) is 0 Å². The van der Waals surface area contributed by atoms with E-state index in [4.69, 9.17) is 5.73 Å². The first-order valence-electron chi connectivity index (χ1n) is 8.14. The van der Waals surface area contributed by atoms with E-state index in [9.17, 15) is 4.79 Å². The maximum atomic E-state index is 12.0. The van der Waals surface area contributed by atoms with Gasteiger partial charge >= 0.3 is 0 Å². The molecule has 3 atom stereocenters. The zero-order chi connectivity index (χ0) is 15.1. The van der Waals surface area contributed by atoms with Gasteiger partial charge in [0, 0.05) is 12.6 Å². The Kier molecular flexibility index (Phi) is 7.52. The summed E-state index contributed by atoms with van der Waals surface area (Å²) in [4.78, 5) is 14.2. The molecule has 1 fully saturated rings. The topological polar surface area (TPSA) is 58.4 Å². The lowest BCUT2D eigenvalue weighted by atomic mass is 9.76. The summed E-state index contributed by atoms with van der Waals surface area (Å²) >= 11 is 0. The molecule has 1 aliphatic carbocycles. The Morgan fingerprint density at radius 2 is 2.10 bits per heavy atom. The van der Waals surface area contributed by atoms with Gasteiger partial charge in [-0.1, -0.05) is 33.6 Å². The molecule has 1 saturated carbocycles. The Labute approximate surface area is 124 Å². The molecule has 1 rings (SSSR count). The highest BCUT2D eigenvalue weighted by Gasteiger charge is 2.32. The summed E-state index contributed by atoms with van der Waals surface area (Å²) in [7, 11) is 2.07. The zero-order valence-electron chi connectivity index (χ0n) is 13.7. The lowest BCUT2D eigenvalue weighted by Crippen LogP contribution is -2.48. The molecule has 3 unspecified atom stereocenters. The second-order valence-corrected chi connectivity index (χ2v) is 6.76. The highest BCUT2D eigenvalue weighted by atomic mass is 16.2. The summed E-state index contributed by atoms with van der Waals surface area (Å²) in [5.74, 6) is 1.97. The van der Waals surface area contributed by atoms with E-state index in [0.717, 1.165) is 19.0 Å². The first kappa shape index (κ1) is 17.4. The van der Waals surface area contributed by atoms with Crippen LogP contribution in [0, 0.1) is 17.8 Å². The molecule has 3 N–H and O–H groups in total. The zero-order valence-corrected chi connectivity index (χ0v) is 13.7. The molecule has 0 heterocycles. The van der Waals surface area contributed by atoms with Crippen molar-refractivity contribution in [2.24, 2.45) is 23.5 Å². The number of amides is 1. The molecular formula is C16H33N3O. The van der Waals surface area contributed by atoms with Gasteiger partial charge in [-0.25, -0.2) is 0 Å². The molecule has 1 aliphatic rings. The first-order chi connectivity index (χ1) is 9.47. The highest BCUT2D eigenvalue weighted by molar-refractivity contribution is 5.78. The molecule has 4 nitrogen and oxygen atoms in total. The van der Waals surface area contributed by atoms with Crippen molar-refractivity contribution in [1.29, 1.82) is 0 Å². The van der Waals surface area contributed by atoms with Crippen LogP contribution in [-0.2, 0) is 4.79 Å². The molecule has 118 valence electrons. The molecule has 0 radical (unpaired) electrons. The minimum absolute atomic E-state index is 0.135. The number of likely N-dealkylation sites (N-methyl/N-ethyl adjacent to an activating group) is 1. The van der Waals surface area contributed by atoms with E-state index in [-0.39, 0.29) is 5.91 Å². The molecule has 1 amide bonds. The van der Waals surface area contributed by atoms with Crippen molar-refractivity contribution in [3.05, 3.63) is 0 Å². The van der Waals surface area contributed by atoms with Gasteiger partial charge in [0.15, 0.2) is 0 Å². The Bertz CT molecular complexity index is 293. The van der Waals surface area contributed by atoms with E-state index in [2.05, 4.69) is 38.0 Å². The van der Waals surface area contributed by atoms with Crippen molar-refractivity contribution in [2.45, 2.75) is 52.5 Å². The predicted molar refractivity (Wildman–Crippen MR) is 84.4 cm³/mol. The van der Waals surface area contributed by atoms with Crippen LogP contribution < -0.4 is 11.1 Å². The summed E-state index contributed by atoms with van der Waals surface area (Å²) in [5, 5.41) is 3.00. The van der Waals surface area contributed by atoms with Crippen molar-refractivity contribution >= 4 is 5.91 Å². The normalized spacial score (nSPS) is 27.1. The summed E-state index contributed by atoms with van der Waals surface area (Å²) in [5.41, 5.74) is 5.92. The number of hydrogen-bond acceptors (Lipinski definition) is 3. The van der Waals surface area contributed by atoms with Gasteiger partial charge in [0.1, 0.15) is 0 Å². The average Bonchev–Trinajstić information content (AvgIpc) is 2.44. The number of nitrogens with two attached hydrogens (primary N) is 1. The lowest BCUT2D eigenvalue weighted by Gasteiger charge is -2.40. The Morgan fingerprint density at radius 1 is 1.40 bits per heavy atom. The third-order valence-electron chi connectivity index (χ3n) is 4.61. The molecule has 0 aromatic rings. The van der Waals surface area contributed by atoms with Crippen LogP contribution in [0.25, 0.3) is 0 Å². The standard InChI is InChI=1S/C16H33N3O/c1-5-13-6-7-14(9-17)15(8-13)19(4)11-16(20)18-10-12(2)3/h12-15H,5-11,17H2,1-4H3,(H,18,20). The SMILES string of the molecule is CCC1CCC(CN)C(N(C)CC(=O)NCC(C)C)C1. The molecule has 20 heavy (non-hydrogen) atoms. The average molecular weight is 283 g/mol. The monoisotopic (exact) mass is 283 g/mol. The molecule has 0 aliphatic heterocycles. The third-order valence-corrected chi connectivity index (χ3v) is 4.61. The quantitative estimate of drug-likeness (QED) is 0.749. The Morgan fingerprint density at radius 3 is 2.65 bits per heavy atom. The van der Waals surface area contributed by atoms with Gasteiger partial charge in [0.05, 0.1) is 6.54 Å². The molecule has 0 aromatic carbocycles. The van der Waals surface area contributed by atoms with E-state index in [0.29, 0.717) is 24.4 Å². The number of rotatable bonds is 7. The minimum atomic E-state index is 0.135.